The number of ether oxygens (including phenoxy) is 2. The van der Waals surface area contributed by atoms with Gasteiger partial charge in [0.2, 0.25) is 10.0 Å². The Labute approximate surface area is 180 Å². The molecule has 0 aromatic heterocycles. The highest BCUT2D eigenvalue weighted by Crippen LogP contribution is 2.14. The summed E-state index contributed by atoms with van der Waals surface area (Å²) in [6.07, 6.45) is 3.80. The van der Waals surface area contributed by atoms with Gasteiger partial charge in [0.1, 0.15) is 0 Å². The predicted octanol–water partition coefficient (Wildman–Crippen LogP) is 1.03. The molecule has 0 aromatic rings. The summed E-state index contributed by atoms with van der Waals surface area (Å²) in [7, 11) is -3.03. The lowest BCUT2D eigenvalue weighted by Crippen LogP contribution is -2.42. The SMILES string of the molecule is CCNC(=NCCCOCC1CCOCC1)NCCN1CCCS1(=O)=O.I. The fraction of sp³-hybridized carbons (Fsp3) is 0.941. The lowest BCUT2D eigenvalue weighted by atomic mass is 10.0. The van der Waals surface area contributed by atoms with E-state index in [1.165, 1.54) is 0 Å². The topological polar surface area (TPSA) is 92.3 Å². The maximum absolute atomic E-state index is 11.8. The number of hydrogen-bond donors (Lipinski definition) is 2. The van der Waals surface area contributed by atoms with Crippen LogP contribution in [0.15, 0.2) is 4.99 Å². The number of nitrogens with one attached hydrogen (secondary N) is 2. The predicted molar refractivity (Wildman–Crippen MR) is 118 cm³/mol. The Hall–Kier alpha value is -0.170. The molecule has 8 nitrogen and oxygen atoms in total. The van der Waals surface area contributed by atoms with Gasteiger partial charge in [-0.25, -0.2) is 12.7 Å². The van der Waals surface area contributed by atoms with Crippen LogP contribution in [0.3, 0.4) is 0 Å². The second kappa shape index (κ2) is 13.9. The highest BCUT2D eigenvalue weighted by molar-refractivity contribution is 14.0. The molecule has 0 amide bonds. The summed E-state index contributed by atoms with van der Waals surface area (Å²) < 4.78 is 36.2. The van der Waals surface area contributed by atoms with Crippen molar-refractivity contribution in [3.8, 4) is 0 Å². The smallest absolute Gasteiger partial charge is 0.214 e. The first-order valence-corrected chi connectivity index (χ1v) is 11.4. The minimum absolute atomic E-state index is 0. The molecule has 2 aliphatic rings. The van der Waals surface area contributed by atoms with E-state index in [0.717, 1.165) is 58.0 Å². The number of aliphatic imine (C=N–C) groups is 1. The third kappa shape index (κ3) is 9.73. The van der Waals surface area contributed by atoms with Crippen LogP contribution < -0.4 is 10.6 Å². The van der Waals surface area contributed by atoms with E-state index in [0.29, 0.717) is 38.7 Å². The van der Waals surface area contributed by atoms with Gasteiger partial charge in [-0.3, -0.25) is 4.99 Å². The maximum Gasteiger partial charge on any atom is 0.214 e. The van der Waals surface area contributed by atoms with Crippen LogP contribution in [0.1, 0.15) is 32.6 Å². The molecule has 27 heavy (non-hydrogen) atoms. The van der Waals surface area contributed by atoms with E-state index >= 15 is 0 Å². The van der Waals surface area contributed by atoms with Crippen LogP contribution in [0.5, 0.6) is 0 Å². The van der Waals surface area contributed by atoms with E-state index in [-0.39, 0.29) is 29.7 Å². The second-order valence-corrected chi connectivity index (χ2v) is 8.83. The van der Waals surface area contributed by atoms with Crippen molar-refractivity contribution in [2.45, 2.75) is 32.6 Å². The Balaban J connectivity index is 0.00000364. The quantitative estimate of drug-likeness (QED) is 0.194. The van der Waals surface area contributed by atoms with E-state index in [2.05, 4.69) is 15.6 Å². The molecule has 2 rings (SSSR count). The van der Waals surface area contributed by atoms with Crippen molar-refractivity contribution in [3.63, 3.8) is 0 Å². The Kier molecular flexibility index (Phi) is 12.8. The fourth-order valence-corrected chi connectivity index (χ4v) is 4.63. The van der Waals surface area contributed by atoms with Crippen molar-refractivity contribution in [3.05, 3.63) is 0 Å². The van der Waals surface area contributed by atoms with Crippen molar-refractivity contribution < 1.29 is 17.9 Å². The van der Waals surface area contributed by atoms with Crippen LogP contribution in [-0.4, -0.2) is 83.6 Å². The van der Waals surface area contributed by atoms with Gasteiger partial charge < -0.3 is 20.1 Å². The van der Waals surface area contributed by atoms with Crippen molar-refractivity contribution >= 4 is 40.0 Å². The van der Waals surface area contributed by atoms with Crippen LogP contribution in [-0.2, 0) is 19.5 Å². The van der Waals surface area contributed by atoms with Crippen LogP contribution in [0.2, 0.25) is 0 Å². The first-order chi connectivity index (χ1) is 12.6. The summed E-state index contributed by atoms with van der Waals surface area (Å²) in [6, 6.07) is 0. The second-order valence-electron chi connectivity index (χ2n) is 6.74. The highest BCUT2D eigenvalue weighted by atomic mass is 127. The Bertz CT molecular complexity index is 527. The van der Waals surface area contributed by atoms with E-state index in [9.17, 15) is 8.42 Å². The van der Waals surface area contributed by atoms with Crippen molar-refractivity contribution in [1.82, 2.24) is 14.9 Å². The van der Waals surface area contributed by atoms with Crippen LogP contribution >= 0.6 is 24.0 Å². The Morgan fingerprint density at radius 2 is 2.07 bits per heavy atom. The number of halogens is 1. The van der Waals surface area contributed by atoms with Crippen molar-refractivity contribution in [1.29, 1.82) is 0 Å². The largest absolute Gasteiger partial charge is 0.381 e. The van der Waals surface area contributed by atoms with Crippen LogP contribution in [0.25, 0.3) is 0 Å². The summed E-state index contributed by atoms with van der Waals surface area (Å²) in [5.74, 6) is 1.64. The Morgan fingerprint density at radius 1 is 1.30 bits per heavy atom. The van der Waals surface area contributed by atoms with E-state index < -0.39 is 10.0 Å². The van der Waals surface area contributed by atoms with Crippen LogP contribution in [0.4, 0.5) is 0 Å². The zero-order chi connectivity index (χ0) is 18.7. The molecule has 0 bridgehead atoms. The number of guanidine groups is 1. The molecule has 0 atom stereocenters. The van der Waals surface area contributed by atoms with Gasteiger partial charge in [0.15, 0.2) is 5.96 Å². The zero-order valence-corrected chi connectivity index (χ0v) is 19.5. The minimum Gasteiger partial charge on any atom is -0.381 e. The third-order valence-corrected chi connectivity index (χ3v) is 6.57. The fourth-order valence-electron chi connectivity index (χ4n) is 3.10. The first kappa shape index (κ1) is 24.9. The lowest BCUT2D eigenvalue weighted by molar-refractivity contribution is 0.0205. The number of sulfonamides is 1. The summed E-state index contributed by atoms with van der Waals surface area (Å²) in [4.78, 5) is 4.52. The summed E-state index contributed by atoms with van der Waals surface area (Å²) >= 11 is 0. The normalized spacial score (nSPS) is 21.0. The third-order valence-electron chi connectivity index (χ3n) is 4.61. The molecular formula is C17H35IN4O4S. The molecule has 2 fully saturated rings. The molecule has 0 aromatic carbocycles. The van der Waals surface area contributed by atoms with Crippen molar-refractivity contribution in [2.24, 2.45) is 10.9 Å². The summed E-state index contributed by atoms with van der Waals surface area (Å²) in [5.41, 5.74) is 0. The van der Waals surface area contributed by atoms with Gasteiger partial charge in [-0.2, -0.15) is 0 Å². The first-order valence-electron chi connectivity index (χ1n) is 9.77. The molecule has 0 spiro atoms. The molecule has 0 aliphatic carbocycles. The number of nitrogens with zero attached hydrogens (tertiary/aromatic N) is 2. The molecule has 2 heterocycles. The zero-order valence-electron chi connectivity index (χ0n) is 16.3. The number of hydrogen-bond acceptors (Lipinski definition) is 5. The lowest BCUT2D eigenvalue weighted by Gasteiger charge is -2.21. The summed E-state index contributed by atoms with van der Waals surface area (Å²) in [5, 5.41) is 6.39. The minimum atomic E-state index is -3.03. The van der Waals surface area contributed by atoms with Gasteiger partial charge in [-0.15, -0.1) is 24.0 Å². The van der Waals surface area contributed by atoms with Crippen molar-refractivity contribution in [2.75, 3.05) is 64.9 Å². The van der Waals surface area contributed by atoms with Gasteiger partial charge in [0.25, 0.3) is 0 Å². The molecule has 2 aliphatic heterocycles. The monoisotopic (exact) mass is 518 g/mol. The van der Waals surface area contributed by atoms with E-state index in [4.69, 9.17) is 9.47 Å². The van der Waals surface area contributed by atoms with Gasteiger partial charge in [0.05, 0.1) is 5.75 Å². The van der Waals surface area contributed by atoms with E-state index in [1.807, 2.05) is 6.92 Å². The van der Waals surface area contributed by atoms with Gasteiger partial charge in [-0.05, 0) is 38.5 Å². The Morgan fingerprint density at radius 3 is 2.74 bits per heavy atom. The van der Waals surface area contributed by atoms with Gasteiger partial charge >= 0.3 is 0 Å². The molecule has 2 N–H and O–H groups in total. The molecule has 2 saturated heterocycles. The molecule has 0 unspecified atom stereocenters. The van der Waals surface area contributed by atoms with E-state index in [1.54, 1.807) is 4.31 Å². The van der Waals surface area contributed by atoms with Gasteiger partial charge in [-0.1, -0.05) is 0 Å². The molecule has 160 valence electrons. The highest BCUT2D eigenvalue weighted by Gasteiger charge is 2.27. The molecule has 10 heteroatoms. The molecule has 0 radical (unpaired) electrons. The standard InChI is InChI=1S/C17H34N4O4S.HI/c1-2-18-17(20-8-10-21-9-4-14-26(21,22)23)19-7-3-11-25-15-16-5-12-24-13-6-16;/h16H,2-15H2,1H3,(H2,18,19,20);1H. The average Bonchev–Trinajstić information content (AvgIpc) is 2.97. The molecule has 0 saturated carbocycles. The average molecular weight is 518 g/mol. The van der Waals surface area contributed by atoms with Crippen LogP contribution in [0, 0.1) is 5.92 Å². The van der Waals surface area contributed by atoms with Gasteiger partial charge in [0, 0.05) is 59.2 Å². The summed E-state index contributed by atoms with van der Waals surface area (Å²) in [6.45, 7) is 8.39. The molecular weight excluding hydrogens is 483 g/mol. The number of rotatable bonds is 10. The maximum atomic E-state index is 11.8.